The molecule has 5 rings (SSSR count). The van der Waals surface area contributed by atoms with E-state index in [1.807, 2.05) is 48.5 Å². The Morgan fingerprint density at radius 3 is 2.50 bits per heavy atom. The highest BCUT2D eigenvalue weighted by molar-refractivity contribution is 6.13. The fraction of sp³-hybridized carbons (Fsp3) is 0.296. The first kappa shape index (κ1) is 22.1. The molecule has 2 amide bonds. The number of nitrogens with zero attached hydrogens (tertiary/aromatic N) is 4. The van der Waals surface area contributed by atoms with Crippen molar-refractivity contribution in [3.8, 4) is 0 Å². The molecule has 34 heavy (non-hydrogen) atoms. The number of pyridine rings is 1. The maximum Gasteiger partial charge on any atom is 0.256 e. The fourth-order valence-corrected chi connectivity index (χ4v) is 4.73. The van der Waals surface area contributed by atoms with Gasteiger partial charge in [-0.3, -0.25) is 14.6 Å². The number of hydrogen-bond acceptors (Lipinski definition) is 5. The van der Waals surface area contributed by atoms with E-state index in [2.05, 4.69) is 27.0 Å². The molecule has 3 heterocycles. The van der Waals surface area contributed by atoms with Crippen molar-refractivity contribution in [2.45, 2.75) is 20.0 Å². The zero-order valence-corrected chi connectivity index (χ0v) is 19.4. The minimum atomic E-state index is -0.266. The number of anilines is 2. The van der Waals surface area contributed by atoms with Crippen LogP contribution in [-0.4, -0.2) is 59.3 Å². The first-order chi connectivity index (χ1) is 16.6. The number of carbonyl (C=O) groups is 2. The van der Waals surface area contributed by atoms with E-state index in [0.717, 1.165) is 55.2 Å². The largest absolute Gasteiger partial charge is 0.369 e. The van der Waals surface area contributed by atoms with Gasteiger partial charge >= 0.3 is 0 Å². The first-order valence-corrected chi connectivity index (χ1v) is 11.8. The number of carbonyl (C=O) groups excluding carboxylic acids is 2. The predicted octanol–water partition coefficient (Wildman–Crippen LogP) is 3.63. The van der Waals surface area contributed by atoms with Crippen molar-refractivity contribution in [3.05, 3.63) is 89.2 Å². The Morgan fingerprint density at radius 2 is 1.79 bits per heavy atom. The molecule has 0 saturated carbocycles. The molecule has 174 valence electrons. The van der Waals surface area contributed by atoms with Gasteiger partial charge in [-0.15, -0.1) is 0 Å². The second kappa shape index (κ2) is 9.65. The second-order valence-corrected chi connectivity index (χ2v) is 8.78. The third-order valence-corrected chi connectivity index (χ3v) is 6.66. The van der Waals surface area contributed by atoms with Crippen LogP contribution in [0.1, 0.15) is 38.8 Å². The molecule has 0 radical (unpaired) electrons. The van der Waals surface area contributed by atoms with Crippen LogP contribution in [0.4, 0.5) is 11.4 Å². The van der Waals surface area contributed by atoms with Crippen molar-refractivity contribution in [2.24, 2.45) is 0 Å². The number of hydrogen-bond donors (Lipinski definition) is 1. The van der Waals surface area contributed by atoms with Crippen LogP contribution in [0, 0.1) is 0 Å². The number of nitrogens with one attached hydrogen (secondary N) is 1. The smallest absolute Gasteiger partial charge is 0.256 e. The summed E-state index contributed by atoms with van der Waals surface area (Å²) in [6.07, 6.45) is 3.47. The molecular weight excluding hydrogens is 426 g/mol. The van der Waals surface area contributed by atoms with Crippen LogP contribution in [0.25, 0.3) is 0 Å². The standard InChI is InChI=1S/C27H29N5O2/c1-2-30-13-15-31(16-14-30)23-10-8-22(9-11-23)29-26(33)24-7-3-6-21-19-32(27(34)25(21)24)18-20-5-4-12-28-17-20/h3-12,17H,2,13-16,18-19H2,1H3,(H,29,33). The van der Waals surface area contributed by atoms with Crippen LogP contribution in [-0.2, 0) is 13.1 Å². The van der Waals surface area contributed by atoms with Crippen LogP contribution in [0.3, 0.4) is 0 Å². The summed E-state index contributed by atoms with van der Waals surface area (Å²) in [6.45, 7) is 8.40. The highest BCUT2D eigenvalue weighted by atomic mass is 16.2. The zero-order chi connectivity index (χ0) is 23.5. The van der Waals surface area contributed by atoms with Gasteiger partial charge in [-0.25, -0.2) is 0 Å². The quantitative estimate of drug-likeness (QED) is 0.615. The van der Waals surface area contributed by atoms with E-state index in [4.69, 9.17) is 0 Å². The summed E-state index contributed by atoms with van der Waals surface area (Å²) in [6, 6.07) is 17.2. The predicted molar refractivity (Wildman–Crippen MR) is 133 cm³/mol. The molecule has 1 aromatic heterocycles. The summed E-state index contributed by atoms with van der Waals surface area (Å²) in [5, 5.41) is 2.97. The Morgan fingerprint density at radius 1 is 1.00 bits per heavy atom. The summed E-state index contributed by atoms with van der Waals surface area (Å²) in [5.41, 5.74) is 4.63. The molecule has 1 saturated heterocycles. The zero-order valence-electron chi connectivity index (χ0n) is 19.4. The molecular formula is C27H29N5O2. The maximum absolute atomic E-state index is 13.2. The average Bonchev–Trinajstić information content (AvgIpc) is 3.20. The summed E-state index contributed by atoms with van der Waals surface area (Å²) < 4.78 is 0. The van der Waals surface area contributed by atoms with Gasteiger partial charge in [0.15, 0.2) is 0 Å². The molecule has 2 aliphatic rings. The van der Waals surface area contributed by atoms with Gasteiger partial charge in [-0.05, 0) is 54.1 Å². The minimum absolute atomic E-state index is 0.119. The van der Waals surface area contributed by atoms with Crippen molar-refractivity contribution in [3.63, 3.8) is 0 Å². The third kappa shape index (κ3) is 4.52. The lowest BCUT2D eigenvalue weighted by Gasteiger charge is -2.35. The Balaban J connectivity index is 1.27. The van der Waals surface area contributed by atoms with Gasteiger partial charge in [-0.2, -0.15) is 0 Å². The SMILES string of the molecule is CCN1CCN(c2ccc(NC(=O)c3cccc4c3C(=O)N(Cc3cccnc3)C4)cc2)CC1. The summed E-state index contributed by atoms with van der Waals surface area (Å²) in [7, 11) is 0. The van der Waals surface area contributed by atoms with E-state index < -0.39 is 0 Å². The number of benzene rings is 2. The van der Waals surface area contributed by atoms with E-state index in [1.165, 1.54) is 0 Å². The van der Waals surface area contributed by atoms with Gasteiger partial charge in [0.05, 0.1) is 11.1 Å². The second-order valence-electron chi connectivity index (χ2n) is 8.78. The Labute approximate surface area is 200 Å². The van der Waals surface area contributed by atoms with Crippen molar-refractivity contribution >= 4 is 23.2 Å². The molecule has 1 fully saturated rings. The Kier molecular flexibility index (Phi) is 6.27. The van der Waals surface area contributed by atoms with E-state index in [0.29, 0.717) is 24.2 Å². The van der Waals surface area contributed by atoms with Crippen LogP contribution in [0.2, 0.25) is 0 Å². The highest BCUT2D eigenvalue weighted by Gasteiger charge is 2.31. The number of fused-ring (bicyclic) bond motifs is 1. The molecule has 0 aliphatic carbocycles. The topological polar surface area (TPSA) is 68.8 Å². The monoisotopic (exact) mass is 455 g/mol. The van der Waals surface area contributed by atoms with Crippen LogP contribution < -0.4 is 10.2 Å². The van der Waals surface area contributed by atoms with Crippen molar-refractivity contribution in [2.75, 3.05) is 42.9 Å². The molecule has 0 spiro atoms. The van der Waals surface area contributed by atoms with E-state index in [1.54, 1.807) is 23.4 Å². The van der Waals surface area contributed by atoms with Gasteiger partial charge < -0.3 is 20.0 Å². The average molecular weight is 456 g/mol. The fourth-order valence-electron chi connectivity index (χ4n) is 4.73. The lowest BCUT2D eigenvalue weighted by atomic mass is 10.0. The van der Waals surface area contributed by atoms with E-state index in [9.17, 15) is 9.59 Å². The normalized spacial score (nSPS) is 16.0. The Hall–Kier alpha value is -3.71. The molecule has 1 N–H and O–H groups in total. The molecule has 7 nitrogen and oxygen atoms in total. The van der Waals surface area contributed by atoms with Gasteiger partial charge in [0.1, 0.15) is 0 Å². The first-order valence-electron chi connectivity index (χ1n) is 11.8. The maximum atomic E-state index is 13.2. The van der Waals surface area contributed by atoms with E-state index >= 15 is 0 Å². The number of rotatable bonds is 6. The summed E-state index contributed by atoms with van der Waals surface area (Å²) >= 11 is 0. The number of aromatic nitrogens is 1. The van der Waals surface area contributed by atoms with Gasteiger partial charge in [0.2, 0.25) is 0 Å². The van der Waals surface area contributed by atoms with Crippen molar-refractivity contribution in [1.29, 1.82) is 0 Å². The molecule has 7 heteroatoms. The number of amides is 2. The number of likely N-dealkylation sites (N-methyl/N-ethyl adjacent to an activating group) is 1. The third-order valence-electron chi connectivity index (χ3n) is 6.66. The van der Waals surface area contributed by atoms with Crippen molar-refractivity contribution < 1.29 is 9.59 Å². The van der Waals surface area contributed by atoms with Crippen LogP contribution in [0.5, 0.6) is 0 Å². The molecule has 2 aliphatic heterocycles. The molecule has 0 unspecified atom stereocenters. The van der Waals surface area contributed by atoms with E-state index in [-0.39, 0.29) is 11.8 Å². The minimum Gasteiger partial charge on any atom is -0.369 e. The summed E-state index contributed by atoms with van der Waals surface area (Å²) in [5.74, 6) is -0.385. The molecule has 2 aromatic carbocycles. The van der Waals surface area contributed by atoms with Crippen LogP contribution in [0.15, 0.2) is 67.0 Å². The Bertz CT molecular complexity index is 1170. The highest BCUT2D eigenvalue weighted by Crippen LogP contribution is 2.28. The van der Waals surface area contributed by atoms with Crippen molar-refractivity contribution in [1.82, 2.24) is 14.8 Å². The van der Waals surface area contributed by atoms with Gasteiger partial charge in [-0.1, -0.05) is 25.1 Å². The molecule has 0 bridgehead atoms. The van der Waals surface area contributed by atoms with Gasteiger partial charge in [0.25, 0.3) is 11.8 Å². The molecule has 3 aromatic rings. The number of piperazine rings is 1. The summed E-state index contributed by atoms with van der Waals surface area (Å²) in [4.78, 5) is 37.0. The molecule has 0 atom stereocenters. The lowest BCUT2D eigenvalue weighted by Crippen LogP contribution is -2.46. The van der Waals surface area contributed by atoms with Crippen LogP contribution >= 0.6 is 0 Å². The van der Waals surface area contributed by atoms with Gasteiger partial charge in [0, 0.05) is 63.0 Å². The lowest BCUT2D eigenvalue weighted by molar-refractivity contribution is 0.0763.